The average Bonchev–Trinajstić information content (AvgIpc) is 2.71. The van der Waals surface area contributed by atoms with E-state index in [2.05, 4.69) is 26.9 Å². The van der Waals surface area contributed by atoms with E-state index in [1.54, 1.807) is 24.3 Å². The molecule has 0 heterocycles. The van der Waals surface area contributed by atoms with Crippen LogP contribution in [0.4, 0.5) is 10.1 Å². The van der Waals surface area contributed by atoms with Crippen molar-refractivity contribution in [2.45, 2.75) is 19.2 Å². The van der Waals surface area contributed by atoms with Crippen LogP contribution in [0.5, 0.6) is 0 Å². The van der Waals surface area contributed by atoms with Gasteiger partial charge in [-0.15, -0.1) is 6.42 Å². The first kappa shape index (κ1) is 23.9. The molecule has 31 heavy (non-hydrogen) atoms. The summed E-state index contributed by atoms with van der Waals surface area (Å²) in [5.41, 5.74) is 2.17. The molecule has 2 aromatic rings. The number of terminal acetylenes is 1. The van der Waals surface area contributed by atoms with Gasteiger partial charge in [0.15, 0.2) is 15.8 Å². The molecule has 2 rings (SSSR count). The summed E-state index contributed by atoms with van der Waals surface area (Å²) < 4.78 is 36.9. The van der Waals surface area contributed by atoms with E-state index in [0.717, 1.165) is 6.26 Å². The minimum Gasteiger partial charge on any atom is -0.357 e. The summed E-state index contributed by atoms with van der Waals surface area (Å²) in [6.07, 6.45) is 6.48. The van der Waals surface area contributed by atoms with Crippen LogP contribution in [0.1, 0.15) is 23.6 Å². The third-order valence-corrected chi connectivity index (χ3v) is 4.90. The summed E-state index contributed by atoms with van der Waals surface area (Å²) in [5.74, 6) is 1.85. The van der Waals surface area contributed by atoms with E-state index in [1.807, 2.05) is 6.92 Å². The largest absolute Gasteiger partial charge is 0.357 e. The first-order chi connectivity index (χ1) is 14.7. The number of carbonyl (C=O) groups excluding carboxylic acids is 1. The Hall–Kier alpha value is -3.38. The second kappa shape index (κ2) is 11.1. The zero-order chi connectivity index (χ0) is 22.9. The number of hydrogen-bond donors (Lipinski definition) is 3. The van der Waals surface area contributed by atoms with E-state index >= 15 is 0 Å². The number of sulfone groups is 1. The molecule has 1 amide bonds. The fraction of sp³-hybridized carbons (Fsp3) is 0.273. The molecule has 9 heteroatoms. The molecule has 0 bridgehead atoms. The Morgan fingerprint density at radius 3 is 2.61 bits per heavy atom. The molecule has 0 spiro atoms. The highest BCUT2D eigenvalue weighted by Crippen LogP contribution is 2.15. The van der Waals surface area contributed by atoms with E-state index in [4.69, 9.17) is 6.42 Å². The van der Waals surface area contributed by atoms with Gasteiger partial charge in [0, 0.05) is 24.1 Å². The van der Waals surface area contributed by atoms with Crippen molar-refractivity contribution in [1.82, 2.24) is 10.6 Å². The number of anilines is 1. The van der Waals surface area contributed by atoms with Gasteiger partial charge in [-0.1, -0.05) is 18.1 Å². The fourth-order valence-electron chi connectivity index (χ4n) is 2.73. The maximum absolute atomic E-state index is 13.7. The number of nitrogens with zero attached hydrogens (tertiary/aromatic N) is 1. The molecular weight excluding hydrogens is 419 g/mol. The topological polar surface area (TPSA) is 99.7 Å². The molecule has 0 radical (unpaired) electrons. The summed E-state index contributed by atoms with van der Waals surface area (Å²) in [5, 5.41) is 8.62. The van der Waals surface area contributed by atoms with Crippen molar-refractivity contribution in [2.24, 2.45) is 4.99 Å². The molecule has 0 aliphatic carbocycles. The van der Waals surface area contributed by atoms with Crippen LogP contribution >= 0.6 is 0 Å². The van der Waals surface area contributed by atoms with Crippen molar-refractivity contribution in [3.8, 4) is 12.3 Å². The minimum atomic E-state index is -3.29. The van der Waals surface area contributed by atoms with Crippen LogP contribution in [0.2, 0.25) is 0 Å². The van der Waals surface area contributed by atoms with Gasteiger partial charge in [0.2, 0.25) is 5.91 Å². The standard InChI is InChI=1S/C22H25FN4O3S/c1-4-16-7-6-8-20(11-16)27-21(28)14-26-22(24-5-2)25-13-18-12-19(23)10-9-17(18)15-31(3,29)30/h1,6-12H,5,13-15H2,2-3H3,(H,27,28)(H2,24,25,26). The zero-order valence-electron chi connectivity index (χ0n) is 17.4. The lowest BCUT2D eigenvalue weighted by atomic mass is 10.1. The molecular formula is C22H25FN4O3S. The summed E-state index contributed by atoms with van der Waals surface area (Å²) in [6, 6.07) is 10.8. The van der Waals surface area contributed by atoms with Crippen LogP contribution < -0.4 is 16.0 Å². The predicted octanol–water partition coefficient (Wildman–Crippen LogP) is 2.05. The summed E-state index contributed by atoms with van der Waals surface area (Å²) in [7, 11) is -3.29. The number of rotatable bonds is 8. The van der Waals surface area contributed by atoms with Gasteiger partial charge in [-0.3, -0.25) is 4.79 Å². The second-order valence-corrected chi connectivity index (χ2v) is 8.95. The Bertz CT molecular complexity index is 1110. The van der Waals surface area contributed by atoms with Crippen LogP contribution in [-0.4, -0.2) is 39.6 Å². The van der Waals surface area contributed by atoms with Gasteiger partial charge in [-0.2, -0.15) is 0 Å². The highest BCUT2D eigenvalue weighted by atomic mass is 32.2. The average molecular weight is 445 g/mol. The number of guanidine groups is 1. The van der Waals surface area contributed by atoms with Crippen LogP contribution in [0.15, 0.2) is 47.5 Å². The number of amides is 1. The van der Waals surface area contributed by atoms with Gasteiger partial charge in [0.05, 0.1) is 18.8 Å². The second-order valence-electron chi connectivity index (χ2n) is 6.81. The highest BCUT2D eigenvalue weighted by Gasteiger charge is 2.11. The quantitative estimate of drug-likeness (QED) is 0.329. The number of halogens is 1. The molecule has 0 aliphatic heterocycles. The molecule has 0 saturated carbocycles. The lowest BCUT2D eigenvalue weighted by molar-refractivity contribution is -0.115. The molecule has 0 fully saturated rings. The Morgan fingerprint density at radius 2 is 1.94 bits per heavy atom. The SMILES string of the molecule is C#Cc1cccc(NC(=O)CNC(=NCc2cc(F)ccc2CS(C)(=O)=O)NCC)c1. The van der Waals surface area contributed by atoms with Crippen LogP contribution in [0.3, 0.4) is 0 Å². The van der Waals surface area contributed by atoms with Crippen molar-refractivity contribution in [3.05, 3.63) is 65.0 Å². The van der Waals surface area contributed by atoms with Crippen LogP contribution in [0.25, 0.3) is 0 Å². The molecule has 7 nitrogen and oxygen atoms in total. The molecule has 0 saturated heterocycles. The number of hydrogen-bond acceptors (Lipinski definition) is 4. The van der Waals surface area contributed by atoms with Crippen molar-refractivity contribution in [2.75, 3.05) is 24.7 Å². The van der Waals surface area contributed by atoms with Gasteiger partial charge >= 0.3 is 0 Å². The zero-order valence-corrected chi connectivity index (χ0v) is 18.2. The maximum atomic E-state index is 13.7. The number of nitrogens with one attached hydrogen (secondary N) is 3. The van der Waals surface area contributed by atoms with E-state index in [1.165, 1.54) is 18.2 Å². The molecule has 0 atom stereocenters. The monoisotopic (exact) mass is 444 g/mol. The summed E-state index contributed by atoms with van der Waals surface area (Å²) in [6.45, 7) is 2.38. The van der Waals surface area contributed by atoms with Crippen molar-refractivity contribution < 1.29 is 17.6 Å². The first-order valence-corrected chi connectivity index (χ1v) is 11.6. The van der Waals surface area contributed by atoms with E-state index < -0.39 is 15.7 Å². The molecule has 2 aromatic carbocycles. The van der Waals surface area contributed by atoms with Crippen molar-refractivity contribution >= 4 is 27.4 Å². The fourth-order valence-corrected chi connectivity index (χ4v) is 3.57. The van der Waals surface area contributed by atoms with E-state index in [0.29, 0.717) is 34.9 Å². The Labute approximate surface area is 182 Å². The molecule has 0 unspecified atom stereocenters. The first-order valence-electron chi connectivity index (χ1n) is 9.54. The molecule has 3 N–H and O–H groups in total. The summed E-state index contributed by atoms with van der Waals surface area (Å²) in [4.78, 5) is 16.6. The Kier molecular flexibility index (Phi) is 8.58. The number of benzene rings is 2. The maximum Gasteiger partial charge on any atom is 0.243 e. The number of aliphatic imine (C=N–C) groups is 1. The van der Waals surface area contributed by atoms with Gasteiger partial charge in [-0.05, 0) is 48.4 Å². The van der Waals surface area contributed by atoms with Gasteiger partial charge in [0.25, 0.3) is 0 Å². The lowest BCUT2D eigenvalue weighted by Gasteiger charge is -2.13. The minimum absolute atomic E-state index is 0.0454. The van der Waals surface area contributed by atoms with Gasteiger partial charge in [-0.25, -0.2) is 17.8 Å². The molecule has 0 aromatic heterocycles. The van der Waals surface area contributed by atoms with Crippen molar-refractivity contribution in [3.63, 3.8) is 0 Å². The van der Waals surface area contributed by atoms with Crippen LogP contribution in [-0.2, 0) is 26.9 Å². The van der Waals surface area contributed by atoms with Crippen LogP contribution in [0, 0.1) is 18.2 Å². The van der Waals surface area contributed by atoms with Crippen molar-refractivity contribution in [1.29, 1.82) is 0 Å². The third-order valence-electron chi connectivity index (χ3n) is 4.07. The molecule has 0 aliphatic rings. The van der Waals surface area contributed by atoms with E-state index in [-0.39, 0.29) is 24.7 Å². The predicted molar refractivity (Wildman–Crippen MR) is 121 cm³/mol. The molecule has 164 valence electrons. The third kappa shape index (κ3) is 8.48. The smallest absolute Gasteiger partial charge is 0.243 e. The Balaban J connectivity index is 2.06. The number of carbonyl (C=O) groups is 1. The van der Waals surface area contributed by atoms with Gasteiger partial charge in [0.1, 0.15) is 5.82 Å². The van der Waals surface area contributed by atoms with Gasteiger partial charge < -0.3 is 16.0 Å². The highest BCUT2D eigenvalue weighted by molar-refractivity contribution is 7.89. The normalized spacial score (nSPS) is 11.5. The Morgan fingerprint density at radius 1 is 1.16 bits per heavy atom. The van der Waals surface area contributed by atoms with E-state index in [9.17, 15) is 17.6 Å². The lowest BCUT2D eigenvalue weighted by Crippen LogP contribution is -2.41. The summed E-state index contributed by atoms with van der Waals surface area (Å²) >= 11 is 0.